The van der Waals surface area contributed by atoms with Crippen molar-refractivity contribution in [2.24, 2.45) is 11.7 Å². The maximum atomic E-state index is 13.5. The molecule has 0 unspecified atom stereocenters. The van der Waals surface area contributed by atoms with Crippen molar-refractivity contribution in [1.29, 1.82) is 0 Å². The van der Waals surface area contributed by atoms with E-state index in [9.17, 15) is 17.6 Å². The average molecular weight is 249 g/mol. The van der Waals surface area contributed by atoms with Gasteiger partial charge in [0.25, 0.3) is 0 Å². The molecule has 1 nitrogen and oxygen atoms in total. The topological polar surface area (TPSA) is 26.0 Å². The zero-order chi connectivity index (χ0) is 13.2. The highest BCUT2D eigenvalue weighted by Crippen LogP contribution is 2.36. The molecule has 5 heteroatoms. The fourth-order valence-corrected chi connectivity index (χ4v) is 1.79. The smallest absolute Gasteiger partial charge is 0.324 e. The van der Waals surface area contributed by atoms with Gasteiger partial charge in [-0.3, -0.25) is 0 Å². The van der Waals surface area contributed by atoms with Gasteiger partial charge in [-0.15, -0.1) is 0 Å². The summed E-state index contributed by atoms with van der Waals surface area (Å²) >= 11 is 0. The predicted octanol–water partition coefficient (Wildman–Crippen LogP) is 3.89. The van der Waals surface area contributed by atoms with E-state index in [4.69, 9.17) is 5.73 Å². The van der Waals surface area contributed by atoms with Crippen LogP contribution in [0.15, 0.2) is 18.2 Å². The summed E-state index contributed by atoms with van der Waals surface area (Å²) in [6.07, 6.45) is -4.27. The van der Waals surface area contributed by atoms with E-state index in [1.54, 1.807) is 0 Å². The Labute approximate surface area is 97.6 Å². The summed E-state index contributed by atoms with van der Waals surface area (Å²) in [5, 5.41) is 0. The summed E-state index contributed by atoms with van der Waals surface area (Å²) in [7, 11) is 0. The van der Waals surface area contributed by atoms with E-state index in [1.165, 1.54) is 0 Å². The Morgan fingerprint density at radius 2 is 1.82 bits per heavy atom. The lowest BCUT2D eigenvalue weighted by Gasteiger charge is -2.20. The highest BCUT2D eigenvalue weighted by atomic mass is 19.4. The van der Waals surface area contributed by atoms with Crippen LogP contribution in [-0.2, 0) is 6.18 Å². The summed E-state index contributed by atoms with van der Waals surface area (Å²) in [6, 6.07) is 1.97. The van der Waals surface area contributed by atoms with Crippen molar-refractivity contribution < 1.29 is 17.6 Å². The van der Waals surface area contributed by atoms with Gasteiger partial charge in [0, 0.05) is 11.6 Å². The van der Waals surface area contributed by atoms with Crippen LogP contribution in [0.2, 0.25) is 0 Å². The third-order valence-corrected chi connectivity index (χ3v) is 2.45. The number of hydrogen-bond donors (Lipinski definition) is 1. The summed E-state index contributed by atoms with van der Waals surface area (Å²) in [5.74, 6) is -0.793. The minimum atomic E-state index is -4.58. The molecule has 0 saturated heterocycles. The minimum Gasteiger partial charge on any atom is -0.324 e. The number of benzene rings is 1. The van der Waals surface area contributed by atoms with Crippen LogP contribution < -0.4 is 5.73 Å². The first-order valence-corrected chi connectivity index (χ1v) is 5.34. The fraction of sp³-hybridized carbons (Fsp3) is 0.500. The second-order valence-electron chi connectivity index (χ2n) is 4.43. The first-order chi connectivity index (χ1) is 7.73. The Hall–Kier alpha value is -1.10. The third kappa shape index (κ3) is 3.43. The summed E-state index contributed by atoms with van der Waals surface area (Å²) < 4.78 is 51.6. The summed E-state index contributed by atoms with van der Waals surface area (Å²) in [6.45, 7) is 3.65. The van der Waals surface area contributed by atoms with Crippen molar-refractivity contribution in [3.63, 3.8) is 0 Å². The zero-order valence-corrected chi connectivity index (χ0v) is 9.68. The van der Waals surface area contributed by atoms with Crippen molar-refractivity contribution in [3.05, 3.63) is 35.1 Å². The van der Waals surface area contributed by atoms with Crippen molar-refractivity contribution in [2.45, 2.75) is 32.5 Å². The maximum Gasteiger partial charge on any atom is 0.416 e. The summed E-state index contributed by atoms with van der Waals surface area (Å²) in [4.78, 5) is 0. The van der Waals surface area contributed by atoms with Crippen LogP contribution in [0.25, 0.3) is 0 Å². The van der Waals surface area contributed by atoms with Gasteiger partial charge < -0.3 is 5.73 Å². The number of alkyl halides is 3. The molecule has 0 spiro atoms. The Balaban J connectivity index is 3.21. The Morgan fingerprint density at radius 1 is 1.24 bits per heavy atom. The molecule has 17 heavy (non-hydrogen) atoms. The molecule has 0 fully saturated rings. The largest absolute Gasteiger partial charge is 0.416 e. The molecule has 0 radical (unpaired) electrons. The highest BCUT2D eigenvalue weighted by molar-refractivity contribution is 5.33. The second kappa shape index (κ2) is 5.04. The minimum absolute atomic E-state index is 0.102. The van der Waals surface area contributed by atoms with Gasteiger partial charge in [0.2, 0.25) is 0 Å². The molecule has 0 saturated carbocycles. The molecule has 1 aromatic rings. The maximum absolute atomic E-state index is 13.5. The van der Waals surface area contributed by atoms with Gasteiger partial charge in [0.15, 0.2) is 0 Å². The monoisotopic (exact) mass is 249 g/mol. The Bertz CT molecular complexity index is 385. The number of rotatable bonds is 3. The van der Waals surface area contributed by atoms with E-state index in [0.29, 0.717) is 6.42 Å². The van der Waals surface area contributed by atoms with Crippen molar-refractivity contribution in [3.8, 4) is 0 Å². The molecule has 2 N–H and O–H groups in total. The van der Waals surface area contributed by atoms with E-state index in [1.807, 2.05) is 13.8 Å². The van der Waals surface area contributed by atoms with Crippen LogP contribution in [0.5, 0.6) is 0 Å². The van der Waals surface area contributed by atoms with E-state index in [0.717, 1.165) is 18.2 Å². The van der Waals surface area contributed by atoms with E-state index >= 15 is 0 Å². The van der Waals surface area contributed by atoms with Gasteiger partial charge in [0.1, 0.15) is 5.82 Å². The van der Waals surface area contributed by atoms with Crippen LogP contribution in [0, 0.1) is 11.7 Å². The highest BCUT2D eigenvalue weighted by Gasteiger charge is 2.36. The van der Waals surface area contributed by atoms with Gasteiger partial charge in [-0.1, -0.05) is 19.9 Å². The van der Waals surface area contributed by atoms with E-state index < -0.39 is 29.2 Å². The SMILES string of the molecule is CC(C)C[C@@H](N)c1c(F)cccc1C(F)(F)F. The standard InChI is InChI=1S/C12H15F4N/c1-7(2)6-10(17)11-8(12(14,15)16)4-3-5-9(11)13/h3-5,7,10H,6,17H2,1-2H3/t10-/m1/s1. The number of halogens is 4. The van der Waals surface area contributed by atoms with Crippen LogP contribution in [0.4, 0.5) is 17.6 Å². The van der Waals surface area contributed by atoms with Crippen LogP contribution >= 0.6 is 0 Å². The predicted molar refractivity (Wildman–Crippen MR) is 57.8 cm³/mol. The molecule has 1 rings (SSSR count). The lowest BCUT2D eigenvalue weighted by molar-refractivity contribution is -0.138. The molecule has 0 aliphatic carbocycles. The number of nitrogens with two attached hydrogens (primary N) is 1. The van der Waals surface area contributed by atoms with Crippen molar-refractivity contribution >= 4 is 0 Å². The van der Waals surface area contributed by atoms with Gasteiger partial charge in [-0.25, -0.2) is 4.39 Å². The lowest BCUT2D eigenvalue weighted by Crippen LogP contribution is -2.20. The Kier molecular flexibility index (Phi) is 4.14. The van der Waals surface area contributed by atoms with Crippen LogP contribution in [-0.4, -0.2) is 0 Å². The quantitative estimate of drug-likeness (QED) is 0.808. The van der Waals surface area contributed by atoms with Crippen LogP contribution in [0.3, 0.4) is 0 Å². The number of hydrogen-bond acceptors (Lipinski definition) is 1. The van der Waals surface area contributed by atoms with E-state index in [-0.39, 0.29) is 5.92 Å². The third-order valence-electron chi connectivity index (χ3n) is 2.45. The first-order valence-electron chi connectivity index (χ1n) is 5.34. The zero-order valence-electron chi connectivity index (χ0n) is 9.68. The van der Waals surface area contributed by atoms with Gasteiger partial charge in [-0.2, -0.15) is 13.2 Å². The molecule has 0 aromatic heterocycles. The molecule has 0 amide bonds. The molecule has 0 heterocycles. The molecule has 1 atom stereocenters. The molecular weight excluding hydrogens is 234 g/mol. The van der Waals surface area contributed by atoms with Gasteiger partial charge >= 0.3 is 6.18 Å². The van der Waals surface area contributed by atoms with Crippen molar-refractivity contribution in [2.75, 3.05) is 0 Å². The lowest BCUT2D eigenvalue weighted by atomic mass is 9.93. The first kappa shape index (κ1) is 14.0. The second-order valence-corrected chi connectivity index (χ2v) is 4.43. The Morgan fingerprint density at radius 3 is 2.29 bits per heavy atom. The average Bonchev–Trinajstić information content (AvgIpc) is 2.14. The van der Waals surface area contributed by atoms with Gasteiger partial charge in [0.05, 0.1) is 5.56 Å². The molecular formula is C12H15F4N. The molecule has 0 aliphatic heterocycles. The molecule has 1 aromatic carbocycles. The van der Waals surface area contributed by atoms with Crippen molar-refractivity contribution in [1.82, 2.24) is 0 Å². The fourth-order valence-electron chi connectivity index (χ4n) is 1.79. The van der Waals surface area contributed by atoms with Crippen LogP contribution in [0.1, 0.15) is 37.4 Å². The molecule has 0 bridgehead atoms. The summed E-state index contributed by atoms with van der Waals surface area (Å²) in [5.41, 5.74) is 4.24. The molecule has 96 valence electrons. The van der Waals surface area contributed by atoms with Gasteiger partial charge in [-0.05, 0) is 24.5 Å². The normalized spacial score (nSPS) is 14.1. The van der Waals surface area contributed by atoms with E-state index in [2.05, 4.69) is 0 Å². The molecule has 0 aliphatic rings.